The summed E-state index contributed by atoms with van der Waals surface area (Å²) in [4.78, 5) is 4.27. The van der Waals surface area contributed by atoms with Crippen LogP contribution in [0.25, 0.3) is 5.76 Å². The van der Waals surface area contributed by atoms with Crippen LogP contribution in [0.15, 0.2) is 10.5 Å². The molecular weight excluding hydrogens is 166 g/mol. The molecule has 0 aliphatic carbocycles. The minimum atomic E-state index is 0.252. The Balaban J connectivity index is 2.27. The molecule has 0 amide bonds. The van der Waals surface area contributed by atoms with Gasteiger partial charge in [0.2, 0.25) is 0 Å². The Labute approximate surface area is 77.4 Å². The third-order valence-electron chi connectivity index (χ3n) is 2.20. The lowest BCUT2D eigenvalue weighted by atomic mass is 10.3. The molecule has 2 rings (SSSR count). The van der Waals surface area contributed by atoms with E-state index in [0.29, 0.717) is 5.89 Å². The zero-order valence-electron chi connectivity index (χ0n) is 8.13. The van der Waals surface area contributed by atoms with Crippen LogP contribution in [0, 0.1) is 13.8 Å². The molecule has 1 unspecified atom stereocenters. The van der Waals surface area contributed by atoms with Gasteiger partial charge in [-0.05, 0) is 26.8 Å². The van der Waals surface area contributed by atoms with Gasteiger partial charge >= 0.3 is 0 Å². The molecule has 0 aromatic carbocycles. The molecule has 1 aliphatic rings. The van der Waals surface area contributed by atoms with E-state index < -0.39 is 0 Å². The predicted molar refractivity (Wildman–Crippen MR) is 49.1 cm³/mol. The minimum absolute atomic E-state index is 0.252. The summed E-state index contributed by atoms with van der Waals surface area (Å²) in [5.74, 6) is 2.25. The lowest BCUT2D eigenvalue weighted by Crippen LogP contribution is -1.97. The maximum Gasteiger partial charge on any atom is 0.262 e. The van der Waals surface area contributed by atoms with Gasteiger partial charge in [0.25, 0.3) is 5.89 Å². The van der Waals surface area contributed by atoms with Crippen molar-refractivity contribution in [1.29, 1.82) is 0 Å². The molecule has 0 N–H and O–H groups in total. The van der Waals surface area contributed by atoms with Crippen LogP contribution in [0.1, 0.15) is 30.7 Å². The summed E-state index contributed by atoms with van der Waals surface area (Å²) >= 11 is 0. The van der Waals surface area contributed by atoms with E-state index in [4.69, 9.17) is 9.15 Å². The molecule has 1 aromatic heterocycles. The van der Waals surface area contributed by atoms with Crippen molar-refractivity contribution in [2.75, 3.05) is 0 Å². The number of ether oxygens (including phenoxy) is 1. The Morgan fingerprint density at radius 1 is 1.46 bits per heavy atom. The summed E-state index contributed by atoms with van der Waals surface area (Å²) in [6.07, 6.45) is 3.22. The Morgan fingerprint density at radius 2 is 2.23 bits per heavy atom. The third-order valence-corrected chi connectivity index (χ3v) is 2.20. The average Bonchev–Trinajstić information content (AvgIpc) is 2.61. The van der Waals surface area contributed by atoms with E-state index in [2.05, 4.69) is 4.98 Å². The first-order valence-electron chi connectivity index (χ1n) is 4.48. The van der Waals surface area contributed by atoms with Crippen molar-refractivity contribution in [3.63, 3.8) is 0 Å². The predicted octanol–water partition coefficient (Wildman–Crippen LogP) is 2.44. The fourth-order valence-corrected chi connectivity index (χ4v) is 1.30. The van der Waals surface area contributed by atoms with Gasteiger partial charge < -0.3 is 9.15 Å². The second-order valence-electron chi connectivity index (χ2n) is 3.39. The number of oxazole rings is 1. The second-order valence-corrected chi connectivity index (χ2v) is 3.39. The second kappa shape index (κ2) is 2.91. The van der Waals surface area contributed by atoms with E-state index in [0.717, 1.165) is 23.6 Å². The molecule has 0 saturated heterocycles. The maximum atomic E-state index is 5.52. The van der Waals surface area contributed by atoms with Gasteiger partial charge in [-0.1, -0.05) is 0 Å². The summed E-state index contributed by atoms with van der Waals surface area (Å²) in [7, 11) is 0. The Morgan fingerprint density at radius 3 is 2.69 bits per heavy atom. The maximum absolute atomic E-state index is 5.52. The molecule has 0 saturated carbocycles. The zero-order valence-corrected chi connectivity index (χ0v) is 8.13. The Hall–Kier alpha value is -1.25. The summed E-state index contributed by atoms with van der Waals surface area (Å²) in [6.45, 7) is 5.87. The number of nitrogens with zero attached hydrogens (tertiary/aromatic N) is 1. The van der Waals surface area contributed by atoms with Crippen LogP contribution < -0.4 is 0 Å². The largest absolute Gasteiger partial charge is 0.485 e. The van der Waals surface area contributed by atoms with E-state index in [-0.39, 0.29) is 6.10 Å². The summed E-state index contributed by atoms with van der Waals surface area (Å²) in [5, 5.41) is 0. The van der Waals surface area contributed by atoms with Crippen LogP contribution in [0.5, 0.6) is 0 Å². The highest BCUT2D eigenvalue weighted by atomic mass is 16.5. The molecule has 0 radical (unpaired) electrons. The highest BCUT2D eigenvalue weighted by Gasteiger charge is 2.19. The quantitative estimate of drug-likeness (QED) is 0.664. The molecule has 1 atom stereocenters. The number of aromatic nitrogens is 1. The molecule has 13 heavy (non-hydrogen) atoms. The van der Waals surface area contributed by atoms with Crippen molar-refractivity contribution in [3.8, 4) is 0 Å². The van der Waals surface area contributed by atoms with Crippen molar-refractivity contribution in [3.05, 3.63) is 23.4 Å². The van der Waals surface area contributed by atoms with Gasteiger partial charge in [-0.15, -0.1) is 0 Å². The lowest BCUT2D eigenvalue weighted by Gasteiger charge is -2.03. The van der Waals surface area contributed by atoms with Crippen molar-refractivity contribution in [2.24, 2.45) is 0 Å². The Kier molecular flexibility index (Phi) is 1.87. The van der Waals surface area contributed by atoms with E-state index >= 15 is 0 Å². The van der Waals surface area contributed by atoms with Crippen LogP contribution in [0.2, 0.25) is 0 Å². The first kappa shape index (κ1) is 8.35. The van der Waals surface area contributed by atoms with Gasteiger partial charge in [0.15, 0.2) is 5.76 Å². The van der Waals surface area contributed by atoms with Crippen molar-refractivity contribution >= 4 is 5.76 Å². The molecule has 0 spiro atoms. The van der Waals surface area contributed by atoms with E-state index in [1.54, 1.807) is 0 Å². The average molecular weight is 179 g/mol. The van der Waals surface area contributed by atoms with Crippen molar-refractivity contribution in [1.82, 2.24) is 4.98 Å². The first-order valence-corrected chi connectivity index (χ1v) is 4.48. The molecule has 0 fully saturated rings. The summed E-state index contributed by atoms with van der Waals surface area (Å²) in [5.41, 5.74) is 0.930. The number of hydrogen-bond donors (Lipinski definition) is 0. The summed E-state index contributed by atoms with van der Waals surface area (Å²) in [6, 6.07) is 0. The highest BCUT2D eigenvalue weighted by molar-refractivity contribution is 5.53. The van der Waals surface area contributed by atoms with Crippen molar-refractivity contribution in [2.45, 2.75) is 33.3 Å². The SMILES string of the molecule is Cc1nc(C2=CCC(C)O2)oc1C. The Bertz CT molecular complexity index is 332. The fourth-order valence-electron chi connectivity index (χ4n) is 1.30. The van der Waals surface area contributed by atoms with Crippen LogP contribution in [-0.4, -0.2) is 11.1 Å². The molecule has 0 bridgehead atoms. The van der Waals surface area contributed by atoms with Gasteiger partial charge in [0.05, 0.1) is 11.8 Å². The highest BCUT2D eigenvalue weighted by Crippen LogP contribution is 2.26. The number of hydrogen-bond acceptors (Lipinski definition) is 3. The van der Waals surface area contributed by atoms with Gasteiger partial charge in [0, 0.05) is 6.42 Å². The number of aryl methyl sites for hydroxylation is 2. The number of rotatable bonds is 1. The summed E-state index contributed by atoms with van der Waals surface area (Å²) < 4.78 is 11.0. The standard InChI is InChI=1S/C10H13NO2/c1-6-4-5-9(12-6)10-11-7(2)8(3)13-10/h5-6H,4H2,1-3H3. The van der Waals surface area contributed by atoms with Crippen LogP contribution in [0.4, 0.5) is 0 Å². The molecule has 3 nitrogen and oxygen atoms in total. The van der Waals surface area contributed by atoms with E-state index in [9.17, 15) is 0 Å². The van der Waals surface area contributed by atoms with Crippen LogP contribution >= 0.6 is 0 Å². The molecule has 1 aromatic rings. The molecule has 70 valence electrons. The van der Waals surface area contributed by atoms with Gasteiger partial charge in [-0.2, -0.15) is 0 Å². The monoisotopic (exact) mass is 179 g/mol. The smallest absolute Gasteiger partial charge is 0.262 e. The fraction of sp³-hybridized carbons (Fsp3) is 0.500. The normalized spacial score (nSPS) is 21.5. The molecular formula is C10H13NO2. The van der Waals surface area contributed by atoms with Crippen LogP contribution in [-0.2, 0) is 4.74 Å². The molecule has 2 heterocycles. The molecule has 3 heteroatoms. The van der Waals surface area contributed by atoms with E-state index in [1.165, 1.54) is 0 Å². The van der Waals surface area contributed by atoms with Gasteiger partial charge in [0.1, 0.15) is 5.76 Å². The van der Waals surface area contributed by atoms with Gasteiger partial charge in [-0.3, -0.25) is 0 Å². The third kappa shape index (κ3) is 1.46. The van der Waals surface area contributed by atoms with Crippen molar-refractivity contribution < 1.29 is 9.15 Å². The minimum Gasteiger partial charge on any atom is -0.485 e. The molecule has 1 aliphatic heterocycles. The van der Waals surface area contributed by atoms with Crippen LogP contribution in [0.3, 0.4) is 0 Å². The first-order chi connectivity index (χ1) is 6.16. The zero-order chi connectivity index (χ0) is 9.42. The topological polar surface area (TPSA) is 35.3 Å². The van der Waals surface area contributed by atoms with Gasteiger partial charge in [-0.25, -0.2) is 4.98 Å². The lowest BCUT2D eigenvalue weighted by molar-refractivity contribution is 0.203. The van der Waals surface area contributed by atoms with E-state index in [1.807, 2.05) is 26.8 Å².